The fourth-order valence-electron chi connectivity index (χ4n) is 2.96. The molecule has 2 heterocycles. The first-order valence-electron chi connectivity index (χ1n) is 8.61. The maximum atomic E-state index is 13.2. The van der Waals surface area contributed by atoms with E-state index in [-0.39, 0.29) is 23.1 Å². The first-order chi connectivity index (χ1) is 14.9. The van der Waals surface area contributed by atoms with Crippen molar-refractivity contribution in [3.63, 3.8) is 0 Å². The molecule has 32 heavy (non-hydrogen) atoms. The Morgan fingerprint density at radius 3 is 2.22 bits per heavy atom. The molecular formula is C18H9BrClF6N5O. The minimum atomic E-state index is -4.99. The highest BCUT2D eigenvalue weighted by Gasteiger charge is 2.40. The highest BCUT2D eigenvalue weighted by Crippen LogP contribution is 2.44. The number of benzene rings is 2. The third-order valence-corrected chi connectivity index (χ3v) is 5.62. The maximum absolute atomic E-state index is 13.2. The van der Waals surface area contributed by atoms with Crippen LogP contribution in [0.3, 0.4) is 0 Å². The summed E-state index contributed by atoms with van der Waals surface area (Å²) in [6.07, 6.45) is -9.98. The van der Waals surface area contributed by atoms with Crippen molar-refractivity contribution in [2.75, 3.05) is 5.32 Å². The molecule has 168 valence electrons. The van der Waals surface area contributed by atoms with E-state index in [9.17, 15) is 26.3 Å². The highest BCUT2D eigenvalue weighted by atomic mass is 79.9. The Kier molecular flexibility index (Phi) is 5.57. The molecule has 0 unspecified atom stereocenters. The van der Waals surface area contributed by atoms with Gasteiger partial charge in [0.1, 0.15) is 5.58 Å². The molecule has 0 aliphatic carbocycles. The maximum Gasteiger partial charge on any atom is 0.417 e. The number of anilines is 1. The van der Waals surface area contributed by atoms with Gasteiger partial charge in [-0.1, -0.05) is 11.6 Å². The number of tetrazole rings is 1. The molecule has 0 aliphatic heterocycles. The van der Waals surface area contributed by atoms with Crippen molar-refractivity contribution >= 4 is 44.2 Å². The number of halogens is 8. The van der Waals surface area contributed by atoms with Crippen molar-refractivity contribution < 1.29 is 30.8 Å². The van der Waals surface area contributed by atoms with Crippen molar-refractivity contribution in [3.8, 4) is 11.6 Å². The molecule has 0 bridgehead atoms. The number of nitrogens with zero attached hydrogens (tertiary/aromatic N) is 3. The first kappa shape index (κ1) is 22.4. The molecule has 2 aromatic heterocycles. The van der Waals surface area contributed by atoms with Gasteiger partial charge in [0.2, 0.25) is 5.82 Å². The van der Waals surface area contributed by atoms with Gasteiger partial charge in [-0.15, -0.1) is 10.2 Å². The zero-order chi connectivity index (χ0) is 23.3. The van der Waals surface area contributed by atoms with Crippen molar-refractivity contribution in [2.24, 2.45) is 0 Å². The molecule has 4 aromatic rings. The van der Waals surface area contributed by atoms with Crippen molar-refractivity contribution in [3.05, 3.63) is 56.5 Å². The van der Waals surface area contributed by atoms with Crippen LogP contribution in [-0.4, -0.2) is 20.6 Å². The predicted octanol–water partition coefficient (Wildman–Crippen LogP) is 6.68. The summed E-state index contributed by atoms with van der Waals surface area (Å²) >= 11 is 8.64. The monoisotopic (exact) mass is 539 g/mol. The van der Waals surface area contributed by atoms with Crippen LogP contribution in [0.1, 0.15) is 16.7 Å². The molecule has 0 fully saturated rings. The van der Waals surface area contributed by atoms with Crippen LogP contribution in [0.2, 0.25) is 5.02 Å². The summed E-state index contributed by atoms with van der Waals surface area (Å²) in [5, 5.41) is 16.6. The quantitative estimate of drug-likeness (QED) is 0.282. The highest BCUT2D eigenvalue weighted by molar-refractivity contribution is 9.10. The second-order valence-electron chi connectivity index (χ2n) is 6.56. The van der Waals surface area contributed by atoms with E-state index in [1.807, 2.05) is 0 Å². The first-order valence-corrected chi connectivity index (χ1v) is 9.78. The Labute approximate surface area is 188 Å². The number of fused-ring (bicyclic) bond motifs is 1. The van der Waals surface area contributed by atoms with Gasteiger partial charge in [0.05, 0.1) is 11.1 Å². The van der Waals surface area contributed by atoms with Crippen LogP contribution in [0, 0.1) is 0 Å². The fraction of sp³-hybridized carbons (Fsp3) is 0.167. The summed E-state index contributed by atoms with van der Waals surface area (Å²) in [6.45, 7) is -0.145. The Bertz CT molecular complexity index is 1250. The van der Waals surface area contributed by atoms with Crippen LogP contribution in [0.4, 0.5) is 32.0 Å². The van der Waals surface area contributed by atoms with Crippen LogP contribution in [-0.2, 0) is 18.9 Å². The van der Waals surface area contributed by atoms with Gasteiger partial charge in [0.25, 0.3) is 0 Å². The normalized spacial score (nSPS) is 12.5. The molecule has 14 heteroatoms. The number of alkyl halides is 6. The summed E-state index contributed by atoms with van der Waals surface area (Å²) in [5.74, 6) is 0.499. The number of H-pyrrole nitrogens is 1. The third-order valence-electron chi connectivity index (χ3n) is 4.42. The van der Waals surface area contributed by atoms with Crippen LogP contribution in [0.25, 0.3) is 22.6 Å². The molecule has 4 rings (SSSR count). The summed E-state index contributed by atoms with van der Waals surface area (Å²) in [4.78, 5) is 0. The van der Waals surface area contributed by atoms with Crippen molar-refractivity contribution in [2.45, 2.75) is 18.9 Å². The summed E-state index contributed by atoms with van der Waals surface area (Å²) < 4.78 is 84.0. The van der Waals surface area contributed by atoms with E-state index >= 15 is 0 Å². The summed E-state index contributed by atoms with van der Waals surface area (Å²) in [5.41, 5.74) is -2.46. The molecule has 0 saturated carbocycles. The molecule has 0 atom stereocenters. The lowest BCUT2D eigenvalue weighted by atomic mass is 10.1. The molecule has 0 saturated heterocycles. The average molecular weight is 541 g/mol. The van der Waals surface area contributed by atoms with E-state index in [1.165, 1.54) is 6.07 Å². The Morgan fingerprint density at radius 1 is 1.00 bits per heavy atom. The third kappa shape index (κ3) is 4.39. The molecule has 0 amide bonds. The molecule has 6 nitrogen and oxygen atoms in total. The number of hydrogen-bond donors (Lipinski definition) is 2. The number of aromatic amines is 1. The molecule has 0 radical (unpaired) electrons. The summed E-state index contributed by atoms with van der Waals surface area (Å²) in [6, 6.07) is 5.85. The standard InChI is InChI=1S/C18H9BrClF6N5O/c19-15-10(17(21,22)23)3-9(4-11(15)18(24,25)26)27-6-8-1-7-2-14(16-28-30-31-29-16)32-13(7)5-12(8)20/h1-5,27H,6H2,(H,28,29,30,31). The van der Waals surface area contributed by atoms with E-state index in [2.05, 4.69) is 41.9 Å². The lowest BCUT2D eigenvalue weighted by Gasteiger charge is -2.18. The fourth-order valence-corrected chi connectivity index (χ4v) is 3.86. The van der Waals surface area contributed by atoms with Crippen LogP contribution in [0.15, 0.2) is 39.2 Å². The Hall–Kier alpha value is -2.80. The molecule has 0 spiro atoms. The smallest absolute Gasteiger partial charge is 0.417 e. The van der Waals surface area contributed by atoms with Gasteiger partial charge in [-0.25, -0.2) is 0 Å². The minimum Gasteiger partial charge on any atom is -0.453 e. The van der Waals surface area contributed by atoms with Crippen LogP contribution >= 0.6 is 27.5 Å². The van der Waals surface area contributed by atoms with Gasteiger partial charge in [0, 0.05) is 33.2 Å². The Morgan fingerprint density at radius 2 is 1.66 bits per heavy atom. The topological polar surface area (TPSA) is 79.6 Å². The van der Waals surface area contributed by atoms with E-state index in [0.29, 0.717) is 34.4 Å². The van der Waals surface area contributed by atoms with Gasteiger partial charge < -0.3 is 9.73 Å². The second kappa shape index (κ2) is 7.96. The SMILES string of the molecule is FC(F)(F)c1cc(NCc2cc3cc(-c4nn[nH]n4)oc3cc2Cl)cc(C(F)(F)F)c1Br. The number of hydrogen-bond acceptors (Lipinski definition) is 5. The lowest BCUT2D eigenvalue weighted by Crippen LogP contribution is -2.14. The van der Waals surface area contributed by atoms with E-state index in [0.717, 1.165) is 0 Å². The largest absolute Gasteiger partial charge is 0.453 e. The molecule has 2 N–H and O–H groups in total. The summed E-state index contributed by atoms with van der Waals surface area (Å²) in [7, 11) is 0. The average Bonchev–Trinajstić information content (AvgIpc) is 3.34. The molecular weight excluding hydrogens is 532 g/mol. The van der Waals surface area contributed by atoms with Gasteiger partial charge in [-0.2, -0.15) is 31.6 Å². The van der Waals surface area contributed by atoms with Gasteiger partial charge >= 0.3 is 12.4 Å². The van der Waals surface area contributed by atoms with E-state index in [4.69, 9.17) is 16.0 Å². The number of aromatic nitrogens is 4. The van der Waals surface area contributed by atoms with E-state index in [1.54, 1.807) is 12.1 Å². The minimum absolute atomic E-state index is 0.145. The van der Waals surface area contributed by atoms with Crippen LogP contribution < -0.4 is 5.32 Å². The number of nitrogens with one attached hydrogen (secondary N) is 2. The van der Waals surface area contributed by atoms with Gasteiger partial charge in [0.15, 0.2) is 5.76 Å². The van der Waals surface area contributed by atoms with E-state index < -0.39 is 28.0 Å². The lowest BCUT2D eigenvalue weighted by molar-refractivity contribution is -0.144. The van der Waals surface area contributed by atoms with Crippen molar-refractivity contribution in [1.82, 2.24) is 20.6 Å². The number of furan rings is 1. The zero-order valence-corrected chi connectivity index (χ0v) is 17.7. The zero-order valence-electron chi connectivity index (χ0n) is 15.4. The Balaban J connectivity index is 1.66. The molecule has 0 aliphatic rings. The van der Waals surface area contributed by atoms with Gasteiger partial charge in [-0.05, 0) is 51.0 Å². The van der Waals surface area contributed by atoms with Gasteiger partial charge in [-0.3, -0.25) is 0 Å². The molecule has 2 aromatic carbocycles. The second-order valence-corrected chi connectivity index (χ2v) is 7.76. The predicted molar refractivity (Wildman–Crippen MR) is 106 cm³/mol. The van der Waals surface area contributed by atoms with Crippen molar-refractivity contribution in [1.29, 1.82) is 0 Å². The van der Waals surface area contributed by atoms with Crippen LogP contribution in [0.5, 0.6) is 0 Å². The number of rotatable bonds is 4.